The van der Waals surface area contributed by atoms with Gasteiger partial charge in [0.2, 0.25) is 0 Å². The fraction of sp³-hybridized carbons (Fsp3) is 0.333. The van der Waals surface area contributed by atoms with Crippen molar-refractivity contribution in [3.8, 4) is 0 Å². The molecule has 0 atom stereocenters. The molecule has 0 fully saturated rings. The number of aliphatic hydroxyl groups excluding tert-OH is 1. The third-order valence-corrected chi connectivity index (χ3v) is 3.44. The Kier molecular flexibility index (Phi) is 6.47. The molecule has 76 valence electrons. The van der Waals surface area contributed by atoms with Gasteiger partial charge >= 0.3 is 106 Å². The van der Waals surface area contributed by atoms with Gasteiger partial charge in [-0.2, -0.15) is 0 Å². The molecule has 0 bridgehead atoms. The molecule has 1 N–H and O–H groups in total. The van der Waals surface area contributed by atoms with Gasteiger partial charge in [0.15, 0.2) is 0 Å². The number of carbonyl (C=O) groups excluding carboxylic acids is 1. The summed E-state index contributed by atoms with van der Waals surface area (Å²) in [6, 6.07) is 0. The van der Waals surface area contributed by atoms with Crippen molar-refractivity contribution in [1.29, 1.82) is 0 Å². The summed E-state index contributed by atoms with van der Waals surface area (Å²) in [5, 5.41) is 9.78. The first kappa shape index (κ1) is 14.0. The molecule has 0 saturated heterocycles. The van der Waals surface area contributed by atoms with Crippen LogP contribution in [0.15, 0.2) is 26.5 Å². The van der Waals surface area contributed by atoms with E-state index >= 15 is 0 Å². The summed E-state index contributed by atoms with van der Waals surface area (Å²) < 4.78 is 4.67. The molecule has 0 rings (SSSR count). The number of hydrogen-bond donors (Lipinski definition) is 1. The summed E-state index contributed by atoms with van der Waals surface area (Å²) in [4.78, 5) is 11.3. The van der Waals surface area contributed by atoms with E-state index in [4.69, 9.17) is 0 Å². The number of nitrogens with zero attached hydrogens (tertiary/aromatic N) is 1. The fourth-order valence-corrected chi connectivity index (χ4v) is 1.48. The second kappa shape index (κ2) is 6.47. The second-order valence-corrected chi connectivity index (χ2v) is 5.48. The van der Waals surface area contributed by atoms with Crippen LogP contribution in [0.4, 0.5) is 0 Å². The zero-order valence-electron chi connectivity index (χ0n) is 8.20. The molecule has 0 aliphatic carbocycles. The molecule has 1 amide bonds. The zero-order valence-corrected chi connectivity index (χ0v) is 14.1. The molecule has 0 unspecified atom stereocenters. The van der Waals surface area contributed by atoms with Crippen molar-refractivity contribution in [3.05, 3.63) is 23.0 Å². The molecular formula is C9H11NO2W2. The maximum atomic E-state index is 11.3. The van der Waals surface area contributed by atoms with Crippen LogP contribution in [-0.2, 0) is 43.8 Å². The van der Waals surface area contributed by atoms with Crippen LogP contribution in [0.3, 0.4) is 0 Å². The molecule has 0 aromatic rings. The number of amides is 1. The van der Waals surface area contributed by atoms with E-state index in [-0.39, 0.29) is 17.2 Å². The molecule has 0 aliphatic rings. The summed E-state index contributed by atoms with van der Waals surface area (Å²) in [7, 11) is 0. The van der Waals surface area contributed by atoms with Gasteiger partial charge in [-0.15, -0.1) is 0 Å². The Morgan fingerprint density at radius 1 is 1.43 bits per heavy atom. The van der Waals surface area contributed by atoms with E-state index in [2.05, 4.69) is 3.50 Å². The molecule has 5 heteroatoms. The predicted octanol–water partition coefficient (Wildman–Crippen LogP) is 1.76. The molecular weight excluding hydrogens is 522 g/mol. The van der Waals surface area contributed by atoms with Crippen molar-refractivity contribution in [2.24, 2.45) is 3.50 Å². The molecule has 14 heavy (non-hydrogen) atoms. The molecule has 0 aromatic heterocycles. The van der Waals surface area contributed by atoms with Crippen LogP contribution in [-0.4, -0.2) is 14.9 Å². The average Bonchev–Trinajstić information content (AvgIpc) is 2.16. The van der Waals surface area contributed by atoms with Crippen molar-refractivity contribution in [1.82, 2.24) is 0 Å². The molecule has 0 spiro atoms. The first-order valence-corrected chi connectivity index (χ1v) is 6.68. The van der Waals surface area contributed by atoms with Gasteiger partial charge in [-0.1, -0.05) is 0 Å². The molecule has 3 nitrogen and oxygen atoms in total. The number of hydrogen-bond acceptors (Lipinski definition) is 2. The van der Waals surface area contributed by atoms with Crippen LogP contribution in [0.5, 0.6) is 0 Å². The van der Waals surface area contributed by atoms with E-state index in [1.165, 1.54) is 19.4 Å². The Morgan fingerprint density at radius 2 is 1.93 bits per heavy atom. The van der Waals surface area contributed by atoms with Crippen LogP contribution in [0.1, 0.15) is 20.8 Å². The van der Waals surface area contributed by atoms with Crippen molar-refractivity contribution < 1.29 is 48.9 Å². The molecule has 0 aliphatic heterocycles. The van der Waals surface area contributed by atoms with Gasteiger partial charge < -0.3 is 0 Å². The quantitative estimate of drug-likeness (QED) is 0.342. The Hall–Kier alpha value is -0.00338. The topological polar surface area (TPSA) is 49.7 Å². The van der Waals surface area contributed by atoms with Crippen LogP contribution in [0.25, 0.3) is 0 Å². The monoisotopic (exact) mass is 533 g/mol. The fourth-order valence-electron chi connectivity index (χ4n) is 0.779. The van der Waals surface area contributed by atoms with Crippen molar-refractivity contribution in [2.45, 2.75) is 20.8 Å². The predicted molar refractivity (Wildman–Crippen MR) is 47.2 cm³/mol. The Morgan fingerprint density at radius 3 is 2.21 bits per heavy atom. The summed E-state index contributed by atoms with van der Waals surface area (Å²) >= 11 is 2.13. The Labute approximate surface area is 105 Å². The Balaban J connectivity index is 5.29. The molecule has 0 saturated carbocycles. The number of rotatable bonds is 3. The first-order valence-electron chi connectivity index (χ1n) is 3.90. The summed E-state index contributed by atoms with van der Waals surface area (Å²) in [5.74, 6) is -0.300. The second-order valence-electron chi connectivity index (χ2n) is 2.63. The van der Waals surface area contributed by atoms with Crippen molar-refractivity contribution in [2.75, 3.05) is 0 Å². The zero-order chi connectivity index (χ0) is 11.3. The van der Waals surface area contributed by atoms with Crippen LogP contribution in [0.2, 0.25) is 0 Å². The van der Waals surface area contributed by atoms with Gasteiger partial charge in [0.05, 0.1) is 0 Å². The van der Waals surface area contributed by atoms with Crippen molar-refractivity contribution in [3.63, 3.8) is 0 Å². The molecule has 0 heterocycles. The summed E-state index contributed by atoms with van der Waals surface area (Å²) in [6.45, 7) is 5.44. The number of allylic oxidation sites excluding steroid dienone is 2. The minimum absolute atomic E-state index is 0.0509. The van der Waals surface area contributed by atoms with Gasteiger partial charge in [0, 0.05) is 0 Å². The Bertz CT molecular complexity index is 343. The first-order chi connectivity index (χ1) is 6.45. The van der Waals surface area contributed by atoms with E-state index in [0.29, 0.717) is 0 Å². The van der Waals surface area contributed by atoms with Gasteiger partial charge in [-0.05, 0) is 0 Å². The van der Waals surface area contributed by atoms with Crippen LogP contribution < -0.4 is 0 Å². The van der Waals surface area contributed by atoms with Gasteiger partial charge in [-0.25, -0.2) is 0 Å². The molecule has 0 aromatic carbocycles. The summed E-state index contributed by atoms with van der Waals surface area (Å²) in [6.07, 6.45) is 1.59. The van der Waals surface area contributed by atoms with Crippen LogP contribution in [0, 0.1) is 0 Å². The van der Waals surface area contributed by atoms with E-state index in [1.54, 1.807) is 19.9 Å². The minimum atomic E-state index is -0.351. The van der Waals surface area contributed by atoms with E-state index in [1.807, 2.05) is 6.92 Å². The normalized spacial score (nSPS) is 13.2. The number of aliphatic hydroxyl groups is 1. The van der Waals surface area contributed by atoms with E-state index in [9.17, 15) is 9.90 Å². The van der Waals surface area contributed by atoms with Gasteiger partial charge in [0.1, 0.15) is 0 Å². The third-order valence-electron chi connectivity index (χ3n) is 1.74. The van der Waals surface area contributed by atoms with Crippen molar-refractivity contribution >= 4 is 9.81 Å². The molecule has 0 radical (unpaired) electrons. The van der Waals surface area contributed by atoms with Crippen LogP contribution >= 0.6 is 0 Å². The van der Waals surface area contributed by atoms with Gasteiger partial charge in [0.25, 0.3) is 0 Å². The number of carbonyl (C=O) groups is 1. The summed E-state index contributed by atoms with van der Waals surface area (Å²) in [5.41, 5.74) is 1.05. The van der Waals surface area contributed by atoms with Gasteiger partial charge in [-0.3, -0.25) is 0 Å². The standard InChI is InChI=1S/C9H11NO2.2W/c1-4-6(3)8(11)7(5-2)9(10)12;;/h5,11H,1-3H3;;. The third kappa shape index (κ3) is 3.63. The SMILES string of the molecule is CC=C(C(=O)[N]=[W])C(O)=C(C)[C](C)=[W]. The average molecular weight is 533 g/mol. The van der Waals surface area contributed by atoms with E-state index in [0.717, 1.165) is 29.1 Å². The maximum absolute atomic E-state index is 11.3. The van der Waals surface area contributed by atoms with E-state index < -0.39 is 0 Å².